The van der Waals surface area contributed by atoms with Gasteiger partial charge in [0, 0.05) is 23.6 Å². The maximum Gasteiger partial charge on any atom is 0.311 e. The zero-order valence-electron chi connectivity index (χ0n) is 15.3. The van der Waals surface area contributed by atoms with Gasteiger partial charge in [-0.2, -0.15) is 0 Å². The summed E-state index contributed by atoms with van der Waals surface area (Å²) in [6, 6.07) is 15.1. The summed E-state index contributed by atoms with van der Waals surface area (Å²) >= 11 is 0. The Hall–Kier alpha value is -3.28. The fourth-order valence-corrected chi connectivity index (χ4v) is 2.80. The van der Waals surface area contributed by atoms with Crippen LogP contribution in [-0.2, 0) is 27.3 Å². The Morgan fingerprint density at radius 1 is 1.11 bits per heavy atom. The fraction of sp³-hybridized carbons (Fsp3) is 0.238. The van der Waals surface area contributed by atoms with Crippen LogP contribution in [0.25, 0.3) is 10.9 Å². The number of esters is 1. The van der Waals surface area contributed by atoms with Crippen molar-refractivity contribution >= 4 is 22.8 Å². The van der Waals surface area contributed by atoms with E-state index < -0.39 is 12.1 Å². The molecule has 0 aliphatic rings. The number of rotatable bonds is 7. The van der Waals surface area contributed by atoms with Gasteiger partial charge in [0.2, 0.25) is 0 Å². The van der Waals surface area contributed by atoms with Crippen LogP contribution in [0.4, 0.5) is 0 Å². The highest BCUT2D eigenvalue weighted by atomic mass is 16.5. The Bertz CT molecular complexity index is 931. The van der Waals surface area contributed by atoms with E-state index in [1.807, 2.05) is 48.5 Å². The average molecular weight is 366 g/mol. The summed E-state index contributed by atoms with van der Waals surface area (Å²) in [6.45, 7) is 1.92. The van der Waals surface area contributed by atoms with Gasteiger partial charge in [-0.25, -0.2) is 0 Å². The third-order valence-electron chi connectivity index (χ3n) is 4.31. The SMILES string of the molecule is COc1ccc(CNC(=O)[C@@H](C)OC(=O)Cc2c[nH]c3ccccc23)cc1. The molecule has 0 aliphatic heterocycles. The first-order valence-electron chi connectivity index (χ1n) is 8.72. The minimum absolute atomic E-state index is 0.111. The second-order valence-corrected chi connectivity index (χ2v) is 6.23. The molecule has 0 spiro atoms. The summed E-state index contributed by atoms with van der Waals surface area (Å²) in [5.41, 5.74) is 2.74. The number of carbonyl (C=O) groups excluding carboxylic acids is 2. The average Bonchev–Trinajstić information content (AvgIpc) is 3.09. The third kappa shape index (κ3) is 4.67. The molecule has 0 radical (unpaired) electrons. The van der Waals surface area contributed by atoms with Crippen LogP contribution >= 0.6 is 0 Å². The molecule has 1 amide bonds. The summed E-state index contributed by atoms with van der Waals surface area (Å²) < 4.78 is 10.4. The lowest BCUT2D eigenvalue weighted by Gasteiger charge is -2.13. The van der Waals surface area contributed by atoms with E-state index >= 15 is 0 Å². The van der Waals surface area contributed by atoms with Crippen LogP contribution in [0.5, 0.6) is 5.75 Å². The Labute approximate surface area is 157 Å². The molecule has 0 saturated carbocycles. The Kier molecular flexibility index (Phi) is 5.76. The zero-order chi connectivity index (χ0) is 19.2. The first-order chi connectivity index (χ1) is 13.1. The van der Waals surface area contributed by atoms with Crippen molar-refractivity contribution in [1.29, 1.82) is 0 Å². The van der Waals surface area contributed by atoms with E-state index in [-0.39, 0.29) is 12.3 Å². The van der Waals surface area contributed by atoms with E-state index in [4.69, 9.17) is 9.47 Å². The molecule has 3 aromatic rings. The first-order valence-corrected chi connectivity index (χ1v) is 8.72. The number of fused-ring (bicyclic) bond motifs is 1. The molecule has 6 heteroatoms. The van der Waals surface area contributed by atoms with E-state index in [1.54, 1.807) is 20.2 Å². The van der Waals surface area contributed by atoms with Gasteiger partial charge in [0.05, 0.1) is 13.5 Å². The molecule has 27 heavy (non-hydrogen) atoms. The number of nitrogens with one attached hydrogen (secondary N) is 2. The number of methoxy groups -OCH3 is 1. The normalized spacial score (nSPS) is 11.8. The number of H-pyrrole nitrogens is 1. The van der Waals surface area contributed by atoms with E-state index in [9.17, 15) is 9.59 Å². The second kappa shape index (κ2) is 8.40. The molecule has 0 saturated heterocycles. The maximum absolute atomic E-state index is 12.2. The van der Waals surface area contributed by atoms with Crippen molar-refractivity contribution < 1.29 is 19.1 Å². The van der Waals surface area contributed by atoms with Crippen LogP contribution in [0, 0.1) is 0 Å². The van der Waals surface area contributed by atoms with Crippen LogP contribution in [0.15, 0.2) is 54.7 Å². The lowest BCUT2D eigenvalue weighted by atomic mass is 10.1. The van der Waals surface area contributed by atoms with E-state index in [2.05, 4.69) is 10.3 Å². The minimum Gasteiger partial charge on any atom is -0.497 e. The largest absolute Gasteiger partial charge is 0.497 e. The molecule has 1 aromatic heterocycles. The number of aromatic amines is 1. The Balaban J connectivity index is 1.50. The highest BCUT2D eigenvalue weighted by molar-refractivity contribution is 5.88. The third-order valence-corrected chi connectivity index (χ3v) is 4.31. The smallest absolute Gasteiger partial charge is 0.311 e. The van der Waals surface area contributed by atoms with E-state index in [1.165, 1.54) is 0 Å². The van der Waals surface area contributed by atoms with Crippen molar-refractivity contribution in [1.82, 2.24) is 10.3 Å². The molecule has 1 atom stereocenters. The molecule has 6 nitrogen and oxygen atoms in total. The number of amides is 1. The lowest BCUT2D eigenvalue weighted by molar-refractivity contribution is -0.154. The number of para-hydroxylation sites is 1. The monoisotopic (exact) mass is 366 g/mol. The van der Waals surface area contributed by atoms with Gasteiger partial charge in [-0.1, -0.05) is 30.3 Å². The highest BCUT2D eigenvalue weighted by Crippen LogP contribution is 2.18. The minimum atomic E-state index is -0.860. The van der Waals surface area contributed by atoms with Gasteiger partial charge in [0.1, 0.15) is 5.75 Å². The molecular formula is C21H22N2O4. The van der Waals surface area contributed by atoms with Crippen molar-refractivity contribution in [2.45, 2.75) is 26.0 Å². The number of hydrogen-bond donors (Lipinski definition) is 2. The van der Waals surface area contributed by atoms with Gasteiger partial charge < -0.3 is 19.8 Å². The van der Waals surface area contributed by atoms with Crippen LogP contribution in [0.1, 0.15) is 18.1 Å². The number of benzene rings is 2. The van der Waals surface area contributed by atoms with E-state index in [0.717, 1.165) is 27.8 Å². The van der Waals surface area contributed by atoms with Gasteiger partial charge in [-0.3, -0.25) is 9.59 Å². The molecule has 140 valence electrons. The van der Waals surface area contributed by atoms with Gasteiger partial charge in [-0.05, 0) is 36.2 Å². The summed E-state index contributed by atoms with van der Waals surface area (Å²) in [7, 11) is 1.60. The van der Waals surface area contributed by atoms with Gasteiger partial charge in [0.25, 0.3) is 5.91 Å². The van der Waals surface area contributed by atoms with Gasteiger partial charge in [-0.15, -0.1) is 0 Å². The van der Waals surface area contributed by atoms with Crippen LogP contribution in [0.3, 0.4) is 0 Å². The molecule has 0 fully saturated rings. The number of hydrogen-bond acceptors (Lipinski definition) is 4. The van der Waals surface area contributed by atoms with Crippen LogP contribution in [-0.4, -0.2) is 30.1 Å². The Morgan fingerprint density at radius 3 is 2.59 bits per heavy atom. The van der Waals surface area contributed by atoms with Gasteiger partial charge >= 0.3 is 5.97 Å². The van der Waals surface area contributed by atoms with Crippen molar-refractivity contribution in [3.05, 3.63) is 65.9 Å². The predicted octanol–water partition coefficient (Wildman–Crippen LogP) is 2.97. The molecule has 3 rings (SSSR count). The van der Waals surface area contributed by atoms with Crippen molar-refractivity contribution in [2.75, 3.05) is 7.11 Å². The number of aromatic nitrogens is 1. The van der Waals surface area contributed by atoms with Crippen molar-refractivity contribution in [3.63, 3.8) is 0 Å². The summed E-state index contributed by atoms with van der Waals surface area (Å²) in [5.74, 6) is -0.0189. The fourth-order valence-electron chi connectivity index (χ4n) is 2.80. The summed E-state index contributed by atoms with van der Waals surface area (Å²) in [5, 5.41) is 3.74. The molecule has 0 aliphatic carbocycles. The Morgan fingerprint density at radius 2 is 1.85 bits per heavy atom. The molecular weight excluding hydrogens is 344 g/mol. The maximum atomic E-state index is 12.2. The molecule has 2 aromatic carbocycles. The first kappa shape index (κ1) is 18.5. The number of ether oxygens (including phenoxy) is 2. The molecule has 0 bridgehead atoms. The topological polar surface area (TPSA) is 80.4 Å². The highest BCUT2D eigenvalue weighted by Gasteiger charge is 2.18. The second-order valence-electron chi connectivity index (χ2n) is 6.23. The van der Waals surface area contributed by atoms with Gasteiger partial charge in [0.15, 0.2) is 6.10 Å². The van der Waals surface area contributed by atoms with Crippen molar-refractivity contribution in [3.8, 4) is 5.75 Å². The quantitative estimate of drug-likeness (QED) is 0.630. The zero-order valence-corrected chi connectivity index (χ0v) is 15.3. The molecule has 0 unspecified atom stereocenters. The van der Waals surface area contributed by atoms with Crippen LogP contribution < -0.4 is 10.1 Å². The van der Waals surface area contributed by atoms with E-state index in [0.29, 0.717) is 6.54 Å². The lowest BCUT2D eigenvalue weighted by Crippen LogP contribution is -2.35. The predicted molar refractivity (Wildman–Crippen MR) is 102 cm³/mol. The summed E-state index contributed by atoms with van der Waals surface area (Å²) in [4.78, 5) is 27.5. The number of carbonyl (C=O) groups is 2. The summed E-state index contributed by atoms with van der Waals surface area (Å²) in [6.07, 6.45) is 1.04. The standard InChI is InChI=1S/C21H22N2O4/c1-14(21(25)23-12-15-7-9-17(26-2)10-8-15)27-20(24)11-16-13-22-19-6-4-3-5-18(16)19/h3-10,13-14,22H,11-12H2,1-2H3,(H,23,25)/t14-/m1/s1. The van der Waals surface area contributed by atoms with Crippen LogP contribution in [0.2, 0.25) is 0 Å². The van der Waals surface area contributed by atoms with Crippen molar-refractivity contribution in [2.24, 2.45) is 0 Å². The molecule has 2 N–H and O–H groups in total. The molecule has 1 heterocycles.